The van der Waals surface area contributed by atoms with Gasteiger partial charge in [0.25, 0.3) is 0 Å². The molecule has 1 aromatic rings. The van der Waals surface area contributed by atoms with Crippen LogP contribution < -0.4 is 4.90 Å². The molecule has 0 N–H and O–H groups in total. The van der Waals surface area contributed by atoms with Crippen molar-refractivity contribution in [2.45, 2.75) is 6.92 Å². The number of anilines is 1. The zero-order valence-electron chi connectivity index (χ0n) is 10.7. The highest BCUT2D eigenvalue weighted by Gasteiger charge is 2.20. The second-order valence-electron chi connectivity index (χ2n) is 4.58. The molecule has 1 fully saturated rings. The first-order chi connectivity index (χ1) is 8.44. The second-order valence-corrected chi connectivity index (χ2v) is 7.57. The van der Waals surface area contributed by atoms with Crippen LogP contribution in [0.2, 0.25) is 0 Å². The van der Waals surface area contributed by atoms with E-state index in [4.69, 9.17) is 0 Å². The molecule has 0 unspecified atom stereocenters. The van der Waals surface area contributed by atoms with E-state index in [1.807, 2.05) is 6.92 Å². The van der Waals surface area contributed by atoms with E-state index in [0.29, 0.717) is 6.54 Å². The summed E-state index contributed by atoms with van der Waals surface area (Å²) in [6, 6.07) is 0. The van der Waals surface area contributed by atoms with Crippen LogP contribution in [-0.2, 0) is 9.84 Å². The van der Waals surface area contributed by atoms with Gasteiger partial charge in [-0.3, -0.25) is 4.90 Å². The number of aromatic nitrogens is 2. The topological polar surface area (TPSA) is 66.4 Å². The first-order valence-corrected chi connectivity index (χ1v) is 8.73. The van der Waals surface area contributed by atoms with Gasteiger partial charge in [-0.15, -0.1) is 0 Å². The number of hydrogen-bond acceptors (Lipinski definition) is 7. The molecule has 18 heavy (non-hydrogen) atoms. The van der Waals surface area contributed by atoms with Crippen molar-refractivity contribution in [2.24, 2.45) is 0 Å². The highest BCUT2D eigenvalue weighted by Crippen LogP contribution is 2.18. The quantitative estimate of drug-likeness (QED) is 0.778. The SMILES string of the molecule is Cc1nsc(N2CCN(CCS(C)(=O)=O)CC2)n1. The number of nitrogens with zero attached hydrogens (tertiary/aromatic N) is 4. The molecule has 0 atom stereocenters. The summed E-state index contributed by atoms with van der Waals surface area (Å²) < 4.78 is 26.4. The van der Waals surface area contributed by atoms with Gasteiger partial charge in [0.15, 0.2) is 0 Å². The zero-order valence-corrected chi connectivity index (χ0v) is 12.3. The fourth-order valence-electron chi connectivity index (χ4n) is 1.87. The van der Waals surface area contributed by atoms with Crippen LogP contribution in [0.5, 0.6) is 0 Å². The van der Waals surface area contributed by atoms with Gasteiger partial charge in [-0.2, -0.15) is 4.37 Å². The van der Waals surface area contributed by atoms with Gasteiger partial charge < -0.3 is 4.90 Å². The molecule has 0 aromatic carbocycles. The van der Waals surface area contributed by atoms with Gasteiger partial charge >= 0.3 is 0 Å². The van der Waals surface area contributed by atoms with Crippen molar-refractivity contribution in [2.75, 3.05) is 49.6 Å². The van der Waals surface area contributed by atoms with Crippen molar-refractivity contribution >= 4 is 26.5 Å². The molecule has 6 nitrogen and oxygen atoms in total. The van der Waals surface area contributed by atoms with Crippen LogP contribution in [0.4, 0.5) is 5.13 Å². The summed E-state index contributed by atoms with van der Waals surface area (Å²) in [6.07, 6.45) is 1.28. The Kier molecular flexibility index (Phi) is 4.18. The third kappa shape index (κ3) is 3.89. The summed E-state index contributed by atoms with van der Waals surface area (Å²) in [5.74, 6) is 1.06. The third-order valence-corrected chi connectivity index (χ3v) is 4.73. The average Bonchev–Trinajstić information content (AvgIpc) is 2.73. The van der Waals surface area contributed by atoms with Crippen LogP contribution in [0.15, 0.2) is 0 Å². The summed E-state index contributed by atoms with van der Waals surface area (Å²) in [7, 11) is -2.86. The number of sulfone groups is 1. The highest BCUT2D eigenvalue weighted by atomic mass is 32.2. The van der Waals surface area contributed by atoms with Crippen LogP contribution in [-0.4, -0.2) is 67.4 Å². The molecule has 8 heteroatoms. The van der Waals surface area contributed by atoms with E-state index in [-0.39, 0.29) is 5.75 Å². The Morgan fingerprint density at radius 1 is 1.28 bits per heavy atom. The molecule has 1 saturated heterocycles. The van der Waals surface area contributed by atoms with Gasteiger partial charge in [-0.1, -0.05) is 0 Å². The van der Waals surface area contributed by atoms with E-state index in [9.17, 15) is 8.42 Å². The van der Waals surface area contributed by atoms with E-state index in [1.165, 1.54) is 17.8 Å². The third-order valence-electron chi connectivity index (χ3n) is 2.94. The molecule has 2 rings (SSSR count). The maximum atomic E-state index is 11.1. The Bertz CT molecular complexity index is 492. The normalized spacial score (nSPS) is 18.2. The predicted octanol–water partition coefficient (Wildman–Crippen LogP) is 0.0131. The highest BCUT2D eigenvalue weighted by molar-refractivity contribution is 7.90. The summed E-state index contributed by atoms with van der Waals surface area (Å²) >= 11 is 1.43. The largest absolute Gasteiger partial charge is 0.344 e. The Hall–Kier alpha value is -0.730. The Morgan fingerprint density at radius 2 is 1.94 bits per heavy atom. The van der Waals surface area contributed by atoms with Crippen LogP contribution in [0.3, 0.4) is 0 Å². The van der Waals surface area contributed by atoms with E-state index >= 15 is 0 Å². The van der Waals surface area contributed by atoms with Gasteiger partial charge in [0, 0.05) is 50.5 Å². The summed E-state index contributed by atoms with van der Waals surface area (Å²) in [5, 5.41) is 0.968. The average molecular weight is 290 g/mol. The lowest BCUT2D eigenvalue weighted by molar-refractivity contribution is 0.272. The molecular weight excluding hydrogens is 272 g/mol. The standard InChI is InChI=1S/C10H18N4O2S2/c1-9-11-10(17-12-9)14-5-3-13(4-6-14)7-8-18(2,15)16/h3-8H2,1-2H3. The number of piperazine rings is 1. The molecule has 0 saturated carbocycles. The molecule has 0 bridgehead atoms. The lowest BCUT2D eigenvalue weighted by Crippen LogP contribution is -2.47. The fraction of sp³-hybridized carbons (Fsp3) is 0.800. The summed E-state index contributed by atoms with van der Waals surface area (Å²) in [6.45, 7) is 6.06. The van der Waals surface area contributed by atoms with E-state index in [2.05, 4.69) is 19.2 Å². The Morgan fingerprint density at radius 3 is 2.44 bits per heavy atom. The van der Waals surface area contributed by atoms with Gasteiger partial charge in [-0.25, -0.2) is 13.4 Å². The minimum atomic E-state index is -2.86. The maximum absolute atomic E-state index is 11.1. The first kappa shape index (κ1) is 13.7. The van der Waals surface area contributed by atoms with Crippen LogP contribution >= 0.6 is 11.5 Å². The molecule has 1 aliphatic heterocycles. The van der Waals surface area contributed by atoms with E-state index in [0.717, 1.165) is 37.1 Å². The van der Waals surface area contributed by atoms with Crippen molar-refractivity contribution in [3.05, 3.63) is 5.82 Å². The molecular formula is C10H18N4O2S2. The number of rotatable bonds is 4. The van der Waals surface area contributed by atoms with Crippen LogP contribution in [0, 0.1) is 6.92 Å². The monoisotopic (exact) mass is 290 g/mol. The van der Waals surface area contributed by atoms with Gasteiger partial charge in [0.05, 0.1) is 5.75 Å². The second kappa shape index (κ2) is 5.50. The minimum absolute atomic E-state index is 0.241. The lowest BCUT2D eigenvalue weighted by Gasteiger charge is -2.34. The smallest absolute Gasteiger partial charge is 0.205 e. The minimum Gasteiger partial charge on any atom is -0.344 e. The van der Waals surface area contributed by atoms with Crippen LogP contribution in [0.1, 0.15) is 5.82 Å². The Balaban J connectivity index is 1.81. The molecule has 1 aromatic heterocycles. The summed E-state index contributed by atoms with van der Waals surface area (Å²) in [4.78, 5) is 8.76. The molecule has 0 spiro atoms. The molecule has 0 aliphatic carbocycles. The van der Waals surface area contributed by atoms with E-state index in [1.54, 1.807) is 0 Å². The van der Waals surface area contributed by atoms with Gasteiger partial charge in [0.2, 0.25) is 5.13 Å². The number of hydrogen-bond donors (Lipinski definition) is 0. The molecule has 2 heterocycles. The first-order valence-electron chi connectivity index (χ1n) is 5.89. The Labute approximate surface area is 112 Å². The van der Waals surface area contributed by atoms with Gasteiger partial charge in [0.1, 0.15) is 15.7 Å². The predicted molar refractivity (Wildman–Crippen MR) is 73.0 cm³/mol. The number of aryl methyl sites for hydroxylation is 1. The summed E-state index contributed by atoms with van der Waals surface area (Å²) in [5.41, 5.74) is 0. The van der Waals surface area contributed by atoms with Crippen molar-refractivity contribution in [1.82, 2.24) is 14.3 Å². The van der Waals surface area contributed by atoms with Gasteiger partial charge in [-0.05, 0) is 6.92 Å². The maximum Gasteiger partial charge on any atom is 0.205 e. The van der Waals surface area contributed by atoms with Crippen LogP contribution in [0.25, 0.3) is 0 Å². The zero-order chi connectivity index (χ0) is 13.2. The van der Waals surface area contributed by atoms with Crippen molar-refractivity contribution in [3.8, 4) is 0 Å². The van der Waals surface area contributed by atoms with E-state index < -0.39 is 9.84 Å². The fourth-order valence-corrected chi connectivity index (χ4v) is 3.19. The van der Waals surface area contributed by atoms with Crippen molar-refractivity contribution < 1.29 is 8.42 Å². The molecule has 102 valence electrons. The molecule has 0 amide bonds. The van der Waals surface area contributed by atoms with Crippen molar-refractivity contribution in [3.63, 3.8) is 0 Å². The lowest BCUT2D eigenvalue weighted by atomic mass is 10.3. The molecule has 0 radical (unpaired) electrons. The van der Waals surface area contributed by atoms with Crippen molar-refractivity contribution in [1.29, 1.82) is 0 Å². The molecule has 1 aliphatic rings.